The fourth-order valence-electron chi connectivity index (χ4n) is 2.91. The Labute approximate surface area is 94.2 Å². The summed E-state index contributed by atoms with van der Waals surface area (Å²) in [6.07, 6.45) is 1.17. The molecule has 2 heterocycles. The first kappa shape index (κ1) is 11.8. The number of carbonyl (C=O) groups is 1. The van der Waals surface area contributed by atoms with Gasteiger partial charge in [0.05, 0.1) is 0 Å². The SMILES string of the molecule is O=C(C(F)F)N1CCCC2(CCCNC2)C1. The molecule has 0 saturated carbocycles. The smallest absolute Gasteiger partial charge is 0.315 e. The summed E-state index contributed by atoms with van der Waals surface area (Å²) >= 11 is 0. The second-order valence-electron chi connectivity index (χ2n) is 4.94. The molecular weight excluding hydrogens is 214 g/mol. The number of alkyl halides is 2. The first-order chi connectivity index (χ1) is 7.63. The number of nitrogens with zero attached hydrogens (tertiary/aromatic N) is 1. The highest BCUT2D eigenvalue weighted by Crippen LogP contribution is 2.36. The molecule has 1 spiro atoms. The molecule has 3 nitrogen and oxygen atoms in total. The molecule has 2 fully saturated rings. The third-order valence-electron chi connectivity index (χ3n) is 3.72. The predicted octanol–water partition coefficient (Wildman–Crippen LogP) is 1.24. The Morgan fingerprint density at radius 2 is 2.06 bits per heavy atom. The molecule has 2 aliphatic heterocycles. The van der Waals surface area contributed by atoms with Crippen molar-refractivity contribution in [2.45, 2.75) is 32.1 Å². The van der Waals surface area contributed by atoms with Gasteiger partial charge in [0.15, 0.2) is 0 Å². The molecule has 0 aromatic heterocycles. The lowest BCUT2D eigenvalue weighted by Crippen LogP contribution is -2.53. The molecule has 2 saturated heterocycles. The molecule has 0 aromatic carbocycles. The second-order valence-corrected chi connectivity index (χ2v) is 4.94. The van der Waals surface area contributed by atoms with Gasteiger partial charge in [0.25, 0.3) is 5.91 Å². The Morgan fingerprint density at radius 3 is 2.69 bits per heavy atom. The molecule has 1 N–H and O–H groups in total. The van der Waals surface area contributed by atoms with E-state index in [4.69, 9.17) is 0 Å². The number of likely N-dealkylation sites (tertiary alicyclic amines) is 1. The maximum Gasteiger partial charge on any atom is 0.315 e. The average molecular weight is 232 g/mol. The molecular formula is C11H18F2N2O. The third-order valence-corrected chi connectivity index (χ3v) is 3.72. The third kappa shape index (κ3) is 2.34. The molecule has 1 unspecified atom stereocenters. The summed E-state index contributed by atoms with van der Waals surface area (Å²) in [7, 11) is 0. The molecule has 2 rings (SSSR count). The van der Waals surface area contributed by atoms with Gasteiger partial charge >= 0.3 is 6.43 Å². The lowest BCUT2D eigenvalue weighted by atomic mass is 9.74. The van der Waals surface area contributed by atoms with Gasteiger partial charge < -0.3 is 10.2 Å². The van der Waals surface area contributed by atoms with Crippen molar-refractivity contribution in [2.24, 2.45) is 5.41 Å². The van der Waals surface area contributed by atoms with Crippen LogP contribution in [0.4, 0.5) is 8.78 Å². The van der Waals surface area contributed by atoms with Crippen molar-refractivity contribution >= 4 is 5.91 Å². The molecule has 1 atom stereocenters. The largest absolute Gasteiger partial charge is 0.337 e. The number of piperidine rings is 2. The van der Waals surface area contributed by atoms with Crippen LogP contribution in [0.1, 0.15) is 25.7 Å². The molecule has 0 radical (unpaired) electrons. The standard InChI is InChI=1S/C11H18F2N2O/c12-9(13)10(16)15-6-2-4-11(8-15)3-1-5-14-7-11/h9,14H,1-8H2. The normalized spacial score (nSPS) is 31.1. The minimum atomic E-state index is -2.85. The zero-order valence-electron chi connectivity index (χ0n) is 9.35. The number of nitrogens with one attached hydrogen (secondary N) is 1. The molecule has 1 amide bonds. The van der Waals surface area contributed by atoms with Crippen molar-refractivity contribution in [3.05, 3.63) is 0 Å². The van der Waals surface area contributed by atoms with Gasteiger partial charge in [0.2, 0.25) is 0 Å². The fourth-order valence-corrected chi connectivity index (χ4v) is 2.91. The zero-order chi connectivity index (χ0) is 11.6. The van der Waals surface area contributed by atoms with Gasteiger partial charge in [-0.05, 0) is 32.2 Å². The van der Waals surface area contributed by atoms with Crippen molar-refractivity contribution in [1.82, 2.24) is 10.2 Å². The van der Waals surface area contributed by atoms with E-state index in [2.05, 4.69) is 5.32 Å². The van der Waals surface area contributed by atoms with Gasteiger partial charge in [0, 0.05) is 25.0 Å². The Kier molecular flexibility index (Phi) is 3.42. The molecule has 0 aliphatic carbocycles. The minimum absolute atomic E-state index is 0.0566. The maximum absolute atomic E-state index is 12.4. The van der Waals surface area contributed by atoms with Crippen molar-refractivity contribution in [3.8, 4) is 0 Å². The second kappa shape index (κ2) is 4.65. The molecule has 0 bridgehead atoms. The van der Waals surface area contributed by atoms with Gasteiger partial charge in [-0.3, -0.25) is 4.79 Å². The summed E-state index contributed by atoms with van der Waals surface area (Å²) in [6.45, 7) is 2.86. The highest BCUT2D eigenvalue weighted by Gasteiger charge is 2.39. The molecule has 16 heavy (non-hydrogen) atoms. The van der Waals surface area contributed by atoms with E-state index in [1.54, 1.807) is 0 Å². The van der Waals surface area contributed by atoms with Gasteiger partial charge in [-0.2, -0.15) is 8.78 Å². The average Bonchev–Trinajstić information content (AvgIpc) is 2.29. The Morgan fingerprint density at radius 1 is 1.31 bits per heavy atom. The van der Waals surface area contributed by atoms with Crippen LogP contribution in [-0.4, -0.2) is 43.4 Å². The quantitative estimate of drug-likeness (QED) is 0.738. The van der Waals surface area contributed by atoms with Gasteiger partial charge in [-0.15, -0.1) is 0 Å². The van der Waals surface area contributed by atoms with Crippen molar-refractivity contribution in [2.75, 3.05) is 26.2 Å². The number of hydrogen-bond acceptors (Lipinski definition) is 2. The van der Waals surface area contributed by atoms with E-state index >= 15 is 0 Å². The maximum atomic E-state index is 12.4. The summed E-state index contributed by atoms with van der Waals surface area (Å²) in [5.41, 5.74) is 0.0566. The fraction of sp³-hybridized carbons (Fsp3) is 0.909. The van der Waals surface area contributed by atoms with Crippen LogP contribution in [0.15, 0.2) is 0 Å². The molecule has 2 aliphatic rings. The summed E-state index contributed by atoms with van der Waals surface area (Å²) in [6, 6.07) is 0. The summed E-state index contributed by atoms with van der Waals surface area (Å²) in [5, 5.41) is 3.31. The Bertz CT molecular complexity index is 259. The number of carbonyl (C=O) groups excluding carboxylic acids is 1. The lowest BCUT2D eigenvalue weighted by molar-refractivity contribution is -0.146. The summed E-state index contributed by atoms with van der Waals surface area (Å²) < 4.78 is 24.7. The van der Waals surface area contributed by atoms with Crippen LogP contribution < -0.4 is 5.32 Å². The van der Waals surface area contributed by atoms with Gasteiger partial charge in [-0.1, -0.05) is 0 Å². The monoisotopic (exact) mass is 232 g/mol. The minimum Gasteiger partial charge on any atom is -0.337 e. The van der Waals surface area contributed by atoms with Crippen LogP contribution in [-0.2, 0) is 4.79 Å². The lowest BCUT2D eigenvalue weighted by Gasteiger charge is -2.45. The molecule has 5 heteroatoms. The van der Waals surface area contributed by atoms with Crippen molar-refractivity contribution < 1.29 is 13.6 Å². The highest BCUT2D eigenvalue weighted by molar-refractivity contribution is 5.79. The number of amides is 1. The van der Waals surface area contributed by atoms with E-state index in [9.17, 15) is 13.6 Å². The van der Waals surface area contributed by atoms with Crippen molar-refractivity contribution in [1.29, 1.82) is 0 Å². The van der Waals surface area contributed by atoms with Crippen LogP contribution >= 0.6 is 0 Å². The predicted molar refractivity (Wildman–Crippen MR) is 56.4 cm³/mol. The van der Waals surface area contributed by atoms with E-state index in [1.165, 1.54) is 4.90 Å². The number of hydrogen-bond donors (Lipinski definition) is 1. The molecule has 0 aromatic rings. The highest BCUT2D eigenvalue weighted by atomic mass is 19.3. The number of rotatable bonds is 1. The topological polar surface area (TPSA) is 32.3 Å². The van der Waals surface area contributed by atoms with Crippen LogP contribution in [0.3, 0.4) is 0 Å². The Hall–Kier alpha value is -0.710. The van der Waals surface area contributed by atoms with Gasteiger partial charge in [-0.25, -0.2) is 0 Å². The summed E-state index contributed by atoms with van der Waals surface area (Å²) in [4.78, 5) is 12.6. The molecule has 92 valence electrons. The van der Waals surface area contributed by atoms with E-state index in [1.807, 2.05) is 0 Å². The van der Waals surface area contributed by atoms with Crippen molar-refractivity contribution in [3.63, 3.8) is 0 Å². The Balaban J connectivity index is 2.00. The van der Waals surface area contributed by atoms with E-state index < -0.39 is 12.3 Å². The van der Waals surface area contributed by atoms with Crippen LogP contribution in [0.25, 0.3) is 0 Å². The number of halogens is 2. The van der Waals surface area contributed by atoms with E-state index in [0.717, 1.165) is 38.8 Å². The van der Waals surface area contributed by atoms with Crippen LogP contribution in [0.2, 0.25) is 0 Å². The van der Waals surface area contributed by atoms with Crippen LogP contribution in [0, 0.1) is 5.41 Å². The first-order valence-electron chi connectivity index (χ1n) is 5.91. The summed E-state index contributed by atoms with van der Waals surface area (Å²) in [5.74, 6) is -0.996. The van der Waals surface area contributed by atoms with Crippen LogP contribution in [0.5, 0.6) is 0 Å². The zero-order valence-corrected chi connectivity index (χ0v) is 9.35. The van der Waals surface area contributed by atoms with Gasteiger partial charge in [0.1, 0.15) is 0 Å². The van der Waals surface area contributed by atoms with E-state index in [0.29, 0.717) is 13.1 Å². The van der Waals surface area contributed by atoms with E-state index in [-0.39, 0.29) is 5.41 Å². The first-order valence-corrected chi connectivity index (χ1v) is 5.91.